The van der Waals surface area contributed by atoms with E-state index in [0.29, 0.717) is 6.04 Å². The molecule has 4 heteroatoms. The van der Waals surface area contributed by atoms with Crippen LogP contribution in [-0.2, 0) is 0 Å². The number of carbonyl (C=O) groups is 1. The van der Waals surface area contributed by atoms with Crippen LogP contribution < -0.4 is 11.1 Å². The fraction of sp³-hybridized carbons (Fsp3) is 0.875. The van der Waals surface area contributed by atoms with E-state index in [1.165, 1.54) is 0 Å². The van der Waals surface area contributed by atoms with E-state index in [4.69, 9.17) is 5.73 Å². The summed E-state index contributed by atoms with van der Waals surface area (Å²) in [4.78, 5) is 13.2. The number of hydrogen-bond donors (Lipinski definition) is 2. The predicted octanol–water partition coefficient (Wildman–Crippen LogP) is -0.109. The Morgan fingerprint density at radius 2 is 2.17 bits per heavy atom. The average Bonchev–Trinajstić information content (AvgIpc) is 2.72. The van der Waals surface area contributed by atoms with Gasteiger partial charge in [-0.1, -0.05) is 0 Å². The SMILES string of the molecule is N[C@H]1CCN(C(=O)NC2CC2)C1. The van der Waals surface area contributed by atoms with Gasteiger partial charge in [-0.2, -0.15) is 0 Å². The van der Waals surface area contributed by atoms with Crippen LogP contribution in [0.3, 0.4) is 0 Å². The van der Waals surface area contributed by atoms with Crippen LogP contribution in [0.4, 0.5) is 4.79 Å². The highest BCUT2D eigenvalue weighted by Crippen LogP contribution is 2.19. The van der Waals surface area contributed by atoms with Crippen molar-refractivity contribution < 1.29 is 4.79 Å². The minimum absolute atomic E-state index is 0.0745. The lowest BCUT2D eigenvalue weighted by Gasteiger charge is -2.15. The van der Waals surface area contributed by atoms with Crippen molar-refractivity contribution in [1.82, 2.24) is 10.2 Å². The summed E-state index contributed by atoms with van der Waals surface area (Å²) in [6.07, 6.45) is 3.23. The highest BCUT2D eigenvalue weighted by molar-refractivity contribution is 5.75. The molecule has 0 radical (unpaired) electrons. The second-order valence-corrected chi connectivity index (χ2v) is 3.72. The van der Waals surface area contributed by atoms with Crippen molar-refractivity contribution >= 4 is 6.03 Å². The summed E-state index contributed by atoms with van der Waals surface area (Å²) in [5.74, 6) is 0. The number of rotatable bonds is 1. The summed E-state index contributed by atoms with van der Waals surface area (Å²) in [5.41, 5.74) is 5.69. The molecule has 0 bridgehead atoms. The van der Waals surface area contributed by atoms with Gasteiger partial charge in [0, 0.05) is 25.2 Å². The fourth-order valence-corrected chi connectivity index (χ4v) is 1.47. The average molecular weight is 169 g/mol. The van der Waals surface area contributed by atoms with E-state index >= 15 is 0 Å². The Bertz CT molecular complexity index is 191. The molecule has 2 fully saturated rings. The minimum atomic E-state index is 0.0745. The van der Waals surface area contributed by atoms with Crippen molar-refractivity contribution in [3.8, 4) is 0 Å². The van der Waals surface area contributed by atoms with Crippen LogP contribution in [0.1, 0.15) is 19.3 Å². The highest BCUT2D eigenvalue weighted by atomic mass is 16.2. The zero-order valence-electron chi connectivity index (χ0n) is 7.12. The number of carbonyl (C=O) groups excluding carboxylic acids is 1. The van der Waals surface area contributed by atoms with Gasteiger partial charge in [-0.25, -0.2) is 4.79 Å². The monoisotopic (exact) mass is 169 g/mol. The molecule has 1 aliphatic heterocycles. The maximum atomic E-state index is 11.4. The van der Waals surface area contributed by atoms with Crippen molar-refractivity contribution in [2.24, 2.45) is 5.73 Å². The lowest BCUT2D eigenvalue weighted by Crippen LogP contribution is -2.40. The molecular formula is C8H15N3O. The van der Waals surface area contributed by atoms with E-state index < -0.39 is 0 Å². The zero-order chi connectivity index (χ0) is 8.55. The van der Waals surface area contributed by atoms with Crippen LogP contribution >= 0.6 is 0 Å². The van der Waals surface area contributed by atoms with Gasteiger partial charge >= 0.3 is 6.03 Å². The summed E-state index contributed by atoms with van der Waals surface area (Å²) in [7, 11) is 0. The maximum absolute atomic E-state index is 11.4. The molecule has 0 aromatic heterocycles. The highest BCUT2D eigenvalue weighted by Gasteiger charge is 2.28. The van der Waals surface area contributed by atoms with Crippen LogP contribution in [0.15, 0.2) is 0 Å². The number of amides is 2. The fourth-order valence-electron chi connectivity index (χ4n) is 1.47. The molecule has 0 aromatic carbocycles. The Morgan fingerprint density at radius 3 is 2.67 bits per heavy atom. The van der Waals surface area contributed by atoms with Crippen LogP contribution in [0.5, 0.6) is 0 Å². The number of urea groups is 1. The predicted molar refractivity (Wildman–Crippen MR) is 45.7 cm³/mol. The first kappa shape index (κ1) is 7.86. The molecule has 4 nitrogen and oxygen atoms in total. The van der Waals surface area contributed by atoms with Gasteiger partial charge in [0.15, 0.2) is 0 Å². The molecule has 2 amide bonds. The third-order valence-electron chi connectivity index (χ3n) is 2.42. The van der Waals surface area contributed by atoms with Gasteiger partial charge in [-0.05, 0) is 19.3 Å². The van der Waals surface area contributed by atoms with Crippen LogP contribution in [0.25, 0.3) is 0 Å². The summed E-state index contributed by atoms with van der Waals surface area (Å²) in [5, 5.41) is 2.95. The van der Waals surface area contributed by atoms with Gasteiger partial charge < -0.3 is 16.0 Å². The van der Waals surface area contributed by atoms with Gasteiger partial charge in [0.1, 0.15) is 0 Å². The molecular weight excluding hydrogens is 154 g/mol. The summed E-state index contributed by atoms with van der Waals surface area (Å²) >= 11 is 0. The normalized spacial score (nSPS) is 29.1. The van der Waals surface area contributed by atoms with Crippen LogP contribution in [-0.4, -0.2) is 36.1 Å². The van der Waals surface area contributed by atoms with Gasteiger partial charge in [-0.3, -0.25) is 0 Å². The van der Waals surface area contributed by atoms with Crippen molar-refractivity contribution in [1.29, 1.82) is 0 Å². The summed E-state index contributed by atoms with van der Waals surface area (Å²) in [6, 6.07) is 0.717. The van der Waals surface area contributed by atoms with Crippen molar-refractivity contribution in [3.63, 3.8) is 0 Å². The molecule has 0 spiro atoms. The molecule has 1 heterocycles. The first-order valence-electron chi connectivity index (χ1n) is 4.57. The van der Waals surface area contributed by atoms with E-state index in [-0.39, 0.29) is 12.1 Å². The number of likely N-dealkylation sites (tertiary alicyclic amines) is 1. The third-order valence-corrected chi connectivity index (χ3v) is 2.42. The topological polar surface area (TPSA) is 58.4 Å². The van der Waals surface area contributed by atoms with E-state index in [1.807, 2.05) is 4.90 Å². The molecule has 2 aliphatic rings. The number of nitrogens with two attached hydrogens (primary N) is 1. The van der Waals surface area contributed by atoms with Gasteiger partial charge in [-0.15, -0.1) is 0 Å². The second kappa shape index (κ2) is 2.94. The number of nitrogens with zero attached hydrogens (tertiary/aromatic N) is 1. The Hall–Kier alpha value is -0.770. The molecule has 12 heavy (non-hydrogen) atoms. The first-order valence-corrected chi connectivity index (χ1v) is 4.57. The molecule has 1 aliphatic carbocycles. The molecule has 0 unspecified atom stereocenters. The van der Waals surface area contributed by atoms with E-state index in [9.17, 15) is 4.79 Å². The minimum Gasteiger partial charge on any atom is -0.335 e. The van der Waals surface area contributed by atoms with E-state index in [1.54, 1.807) is 0 Å². The quantitative estimate of drug-likeness (QED) is 0.575. The van der Waals surface area contributed by atoms with Gasteiger partial charge in [0.25, 0.3) is 0 Å². The van der Waals surface area contributed by atoms with Crippen molar-refractivity contribution in [3.05, 3.63) is 0 Å². The van der Waals surface area contributed by atoms with Crippen LogP contribution in [0, 0.1) is 0 Å². The summed E-state index contributed by atoms with van der Waals surface area (Å²) < 4.78 is 0. The molecule has 68 valence electrons. The Labute approximate surface area is 72.1 Å². The second-order valence-electron chi connectivity index (χ2n) is 3.72. The molecule has 0 aromatic rings. The van der Waals surface area contributed by atoms with Crippen molar-refractivity contribution in [2.45, 2.75) is 31.3 Å². The van der Waals surface area contributed by atoms with E-state index in [2.05, 4.69) is 5.32 Å². The molecule has 1 saturated heterocycles. The number of hydrogen-bond acceptors (Lipinski definition) is 2. The molecule has 1 atom stereocenters. The Balaban J connectivity index is 1.79. The smallest absolute Gasteiger partial charge is 0.317 e. The largest absolute Gasteiger partial charge is 0.335 e. The lowest BCUT2D eigenvalue weighted by molar-refractivity contribution is 0.208. The lowest BCUT2D eigenvalue weighted by atomic mass is 10.3. The maximum Gasteiger partial charge on any atom is 0.317 e. The summed E-state index contributed by atoms with van der Waals surface area (Å²) in [6.45, 7) is 1.54. The number of nitrogens with one attached hydrogen (secondary N) is 1. The molecule has 2 rings (SSSR count). The van der Waals surface area contributed by atoms with Gasteiger partial charge in [0.2, 0.25) is 0 Å². The molecule has 3 N–H and O–H groups in total. The van der Waals surface area contributed by atoms with E-state index in [0.717, 1.165) is 32.4 Å². The molecule has 1 saturated carbocycles. The third kappa shape index (κ3) is 1.69. The Morgan fingerprint density at radius 1 is 1.42 bits per heavy atom. The van der Waals surface area contributed by atoms with Crippen molar-refractivity contribution in [2.75, 3.05) is 13.1 Å². The first-order chi connectivity index (χ1) is 5.75. The van der Waals surface area contributed by atoms with Crippen LogP contribution in [0.2, 0.25) is 0 Å². The Kier molecular flexibility index (Phi) is 1.92. The zero-order valence-corrected chi connectivity index (χ0v) is 7.12. The van der Waals surface area contributed by atoms with Gasteiger partial charge in [0.05, 0.1) is 0 Å². The standard InChI is InChI=1S/C8H15N3O/c9-6-3-4-11(5-6)8(12)10-7-1-2-7/h6-7H,1-5,9H2,(H,10,12)/t6-/m0/s1.